The maximum absolute atomic E-state index is 9.52. The molecular formula is C11H14BrNO. The van der Waals surface area contributed by atoms with Crippen LogP contribution in [0.15, 0.2) is 16.6 Å². The first-order valence-corrected chi connectivity index (χ1v) is 5.78. The van der Waals surface area contributed by atoms with Gasteiger partial charge in [-0.3, -0.25) is 0 Å². The van der Waals surface area contributed by atoms with Crippen LogP contribution in [0.25, 0.3) is 0 Å². The van der Waals surface area contributed by atoms with Gasteiger partial charge in [-0.2, -0.15) is 0 Å². The molecule has 0 amide bonds. The third-order valence-electron chi connectivity index (χ3n) is 2.64. The number of aromatic hydroxyl groups is 1. The van der Waals surface area contributed by atoms with Crippen LogP contribution in [0, 0.1) is 0 Å². The summed E-state index contributed by atoms with van der Waals surface area (Å²) in [6, 6.07) is 4.35. The summed E-state index contributed by atoms with van der Waals surface area (Å²) in [5.74, 6) is 0.336. The smallest absolute Gasteiger partial charge is 0.130 e. The molecule has 0 spiro atoms. The van der Waals surface area contributed by atoms with Gasteiger partial charge in [-0.05, 0) is 46.5 Å². The van der Waals surface area contributed by atoms with Crippen LogP contribution in [-0.4, -0.2) is 11.1 Å². The Hall–Kier alpha value is -0.700. The normalized spacial score (nSPS) is 19.1. The highest BCUT2D eigenvalue weighted by Gasteiger charge is 2.20. The molecule has 1 aliphatic rings. The number of anilines is 1. The molecular weight excluding hydrogens is 242 g/mol. The van der Waals surface area contributed by atoms with Crippen molar-refractivity contribution in [1.29, 1.82) is 0 Å². The highest BCUT2D eigenvalue weighted by atomic mass is 79.9. The van der Waals surface area contributed by atoms with Crippen molar-refractivity contribution in [2.75, 3.05) is 5.32 Å². The number of fused-ring (bicyclic) bond motifs is 1. The van der Waals surface area contributed by atoms with Crippen molar-refractivity contribution < 1.29 is 5.11 Å². The zero-order valence-electron chi connectivity index (χ0n) is 8.18. The van der Waals surface area contributed by atoms with Gasteiger partial charge in [0.25, 0.3) is 0 Å². The molecule has 3 heteroatoms. The second-order valence-corrected chi connectivity index (χ2v) is 4.65. The Morgan fingerprint density at radius 2 is 2.36 bits per heavy atom. The molecule has 2 nitrogen and oxygen atoms in total. The molecule has 1 unspecified atom stereocenters. The predicted octanol–water partition coefficient (Wildman–Crippen LogP) is 3.29. The van der Waals surface area contributed by atoms with E-state index in [-0.39, 0.29) is 0 Å². The average Bonchev–Trinajstić information content (AvgIpc) is 2.48. The summed E-state index contributed by atoms with van der Waals surface area (Å²) in [5, 5.41) is 13.0. The van der Waals surface area contributed by atoms with E-state index in [0.717, 1.165) is 16.6 Å². The maximum atomic E-state index is 9.52. The third kappa shape index (κ3) is 1.73. The van der Waals surface area contributed by atoms with Crippen LogP contribution in [-0.2, 0) is 6.42 Å². The predicted molar refractivity (Wildman–Crippen MR) is 61.8 cm³/mol. The Morgan fingerprint density at radius 1 is 1.57 bits per heavy atom. The molecule has 0 radical (unpaired) electrons. The van der Waals surface area contributed by atoms with Crippen molar-refractivity contribution in [3.63, 3.8) is 0 Å². The van der Waals surface area contributed by atoms with Gasteiger partial charge in [-0.25, -0.2) is 0 Å². The molecule has 0 aromatic heterocycles. The van der Waals surface area contributed by atoms with Crippen molar-refractivity contribution in [3.8, 4) is 5.75 Å². The van der Waals surface area contributed by atoms with Gasteiger partial charge in [-0.1, -0.05) is 13.3 Å². The van der Waals surface area contributed by atoms with E-state index in [2.05, 4.69) is 28.2 Å². The zero-order valence-corrected chi connectivity index (χ0v) is 9.76. The molecule has 1 atom stereocenters. The van der Waals surface area contributed by atoms with Crippen LogP contribution in [0.4, 0.5) is 5.69 Å². The molecule has 2 rings (SSSR count). The number of phenols is 1. The van der Waals surface area contributed by atoms with E-state index in [1.165, 1.54) is 18.4 Å². The minimum absolute atomic E-state index is 0.336. The topological polar surface area (TPSA) is 32.3 Å². The first-order chi connectivity index (χ1) is 6.70. The number of hydrogen-bond acceptors (Lipinski definition) is 2. The van der Waals surface area contributed by atoms with Crippen LogP contribution in [0.5, 0.6) is 5.75 Å². The minimum atomic E-state index is 0.336. The van der Waals surface area contributed by atoms with Crippen molar-refractivity contribution in [3.05, 3.63) is 22.2 Å². The SMILES string of the molecule is CCCC1Cc2cc(O)c(Br)cc2N1. The molecule has 0 bridgehead atoms. The van der Waals surface area contributed by atoms with E-state index < -0.39 is 0 Å². The molecule has 1 heterocycles. The Labute approximate surface area is 92.5 Å². The van der Waals surface area contributed by atoms with Gasteiger partial charge in [-0.15, -0.1) is 0 Å². The van der Waals surface area contributed by atoms with E-state index in [4.69, 9.17) is 0 Å². The third-order valence-corrected chi connectivity index (χ3v) is 3.27. The lowest BCUT2D eigenvalue weighted by Crippen LogP contribution is -2.14. The first kappa shape index (κ1) is 9.84. The molecule has 76 valence electrons. The number of benzene rings is 1. The van der Waals surface area contributed by atoms with Gasteiger partial charge in [0, 0.05) is 11.7 Å². The molecule has 0 saturated carbocycles. The number of phenolic OH excluding ortho intramolecular Hbond substituents is 1. The average molecular weight is 256 g/mol. The molecule has 0 aliphatic carbocycles. The second-order valence-electron chi connectivity index (χ2n) is 3.79. The Kier molecular flexibility index (Phi) is 2.68. The Bertz CT molecular complexity index is 320. The van der Waals surface area contributed by atoms with Gasteiger partial charge in [0.2, 0.25) is 0 Å². The van der Waals surface area contributed by atoms with E-state index >= 15 is 0 Å². The lowest BCUT2D eigenvalue weighted by molar-refractivity contribution is 0.471. The van der Waals surface area contributed by atoms with Gasteiger partial charge in [0.05, 0.1) is 4.47 Å². The number of hydrogen-bond donors (Lipinski definition) is 2. The van der Waals surface area contributed by atoms with Crippen LogP contribution < -0.4 is 5.32 Å². The van der Waals surface area contributed by atoms with Crippen molar-refractivity contribution in [2.45, 2.75) is 32.2 Å². The van der Waals surface area contributed by atoms with E-state index in [1.807, 2.05) is 12.1 Å². The van der Waals surface area contributed by atoms with Gasteiger partial charge >= 0.3 is 0 Å². The number of nitrogens with one attached hydrogen (secondary N) is 1. The summed E-state index contributed by atoms with van der Waals surface area (Å²) < 4.78 is 0.765. The molecule has 2 N–H and O–H groups in total. The van der Waals surface area contributed by atoms with Crippen molar-refractivity contribution in [1.82, 2.24) is 0 Å². The van der Waals surface area contributed by atoms with Crippen molar-refractivity contribution >= 4 is 21.6 Å². The van der Waals surface area contributed by atoms with E-state index in [1.54, 1.807) is 0 Å². The summed E-state index contributed by atoms with van der Waals surface area (Å²) in [6.07, 6.45) is 3.41. The quantitative estimate of drug-likeness (QED) is 0.796. The lowest BCUT2D eigenvalue weighted by Gasteiger charge is -2.08. The highest BCUT2D eigenvalue weighted by molar-refractivity contribution is 9.10. The van der Waals surface area contributed by atoms with Crippen molar-refractivity contribution in [2.24, 2.45) is 0 Å². The molecule has 14 heavy (non-hydrogen) atoms. The Balaban J connectivity index is 2.23. The molecule has 1 aromatic rings. The monoisotopic (exact) mass is 255 g/mol. The number of rotatable bonds is 2. The van der Waals surface area contributed by atoms with Gasteiger partial charge in [0.1, 0.15) is 5.75 Å². The van der Waals surface area contributed by atoms with Gasteiger partial charge < -0.3 is 10.4 Å². The van der Waals surface area contributed by atoms with Crippen LogP contribution in [0.1, 0.15) is 25.3 Å². The van der Waals surface area contributed by atoms with Gasteiger partial charge in [0.15, 0.2) is 0 Å². The molecule has 1 aromatic carbocycles. The fraction of sp³-hybridized carbons (Fsp3) is 0.455. The summed E-state index contributed by atoms with van der Waals surface area (Å²) in [6.45, 7) is 2.19. The standard InChI is InChI=1S/C11H14BrNO/c1-2-3-8-4-7-5-11(14)9(12)6-10(7)13-8/h5-6,8,13-14H,2-4H2,1H3. The summed E-state index contributed by atoms with van der Waals surface area (Å²) in [4.78, 5) is 0. The van der Waals surface area contributed by atoms with Crippen LogP contribution >= 0.6 is 15.9 Å². The summed E-state index contributed by atoms with van der Waals surface area (Å²) >= 11 is 3.32. The van der Waals surface area contributed by atoms with E-state index in [9.17, 15) is 5.11 Å². The molecule has 0 fully saturated rings. The second kappa shape index (κ2) is 3.81. The highest BCUT2D eigenvalue weighted by Crippen LogP contribution is 2.35. The lowest BCUT2D eigenvalue weighted by atomic mass is 10.1. The Morgan fingerprint density at radius 3 is 3.07 bits per heavy atom. The zero-order chi connectivity index (χ0) is 10.1. The molecule has 0 saturated heterocycles. The minimum Gasteiger partial charge on any atom is -0.507 e. The summed E-state index contributed by atoms with van der Waals surface area (Å²) in [5.41, 5.74) is 2.39. The van der Waals surface area contributed by atoms with Crippen LogP contribution in [0.3, 0.4) is 0 Å². The fourth-order valence-corrected chi connectivity index (χ4v) is 2.31. The number of halogens is 1. The maximum Gasteiger partial charge on any atom is 0.130 e. The van der Waals surface area contributed by atoms with Crippen LogP contribution in [0.2, 0.25) is 0 Å². The van der Waals surface area contributed by atoms with E-state index in [0.29, 0.717) is 11.8 Å². The molecule has 1 aliphatic heterocycles. The summed E-state index contributed by atoms with van der Waals surface area (Å²) in [7, 11) is 0. The largest absolute Gasteiger partial charge is 0.507 e. The first-order valence-electron chi connectivity index (χ1n) is 4.98. The fourth-order valence-electron chi connectivity index (χ4n) is 1.97.